The molecule has 0 amide bonds. The van der Waals surface area contributed by atoms with E-state index in [4.69, 9.17) is 0 Å². The van der Waals surface area contributed by atoms with E-state index in [0.717, 1.165) is 6.54 Å². The van der Waals surface area contributed by atoms with Gasteiger partial charge in [-0.25, -0.2) is 0 Å². The Balaban J connectivity index is 2.37. The third-order valence-electron chi connectivity index (χ3n) is 2.23. The predicted molar refractivity (Wildman–Crippen MR) is 72.4 cm³/mol. The fraction of sp³-hybridized carbons (Fsp3) is 0.167. The van der Waals surface area contributed by atoms with E-state index >= 15 is 0 Å². The van der Waals surface area contributed by atoms with E-state index in [0.29, 0.717) is 0 Å². The number of fused-ring (bicyclic) bond motifs is 1. The van der Waals surface area contributed by atoms with Gasteiger partial charge in [0.2, 0.25) is 0 Å². The quantitative estimate of drug-likeness (QED) is 0.442. The van der Waals surface area contributed by atoms with Crippen molar-refractivity contribution in [1.29, 1.82) is 0 Å². The number of hydrogen-bond donors (Lipinski definition) is 0. The maximum absolute atomic E-state index is 3.78. The summed E-state index contributed by atoms with van der Waals surface area (Å²) >= 11 is 3.50. The Morgan fingerprint density at radius 2 is 2.40 bits per heavy atom. The summed E-state index contributed by atoms with van der Waals surface area (Å²) in [6.45, 7) is 4.65. The van der Waals surface area contributed by atoms with E-state index in [-0.39, 0.29) is 0 Å². The van der Waals surface area contributed by atoms with Gasteiger partial charge in [0.15, 0.2) is 0 Å². The Bertz CT molecular complexity index is 399. The fourth-order valence-electron chi connectivity index (χ4n) is 1.51. The van der Waals surface area contributed by atoms with Crippen LogP contribution in [0.3, 0.4) is 0 Å². The molecule has 1 nitrogen and oxygen atoms in total. The SMILES string of the molecule is C=CCN1SC=Cc2cc(SC)ccc21. The van der Waals surface area contributed by atoms with Gasteiger partial charge in [0.25, 0.3) is 0 Å². The van der Waals surface area contributed by atoms with Crippen molar-refractivity contribution < 1.29 is 0 Å². The van der Waals surface area contributed by atoms with Gasteiger partial charge in [-0.15, -0.1) is 18.3 Å². The molecular weight excluding hydrogens is 222 g/mol. The van der Waals surface area contributed by atoms with Gasteiger partial charge >= 0.3 is 0 Å². The minimum atomic E-state index is 0.876. The van der Waals surface area contributed by atoms with Crippen molar-refractivity contribution >= 4 is 35.5 Å². The van der Waals surface area contributed by atoms with Crippen LogP contribution in [0.1, 0.15) is 5.56 Å². The smallest absolute Gasteiger partial charge is 0.0550 e. The fourth-order valence-corrected chi connectivity index (χ4v) is 2.79. The van der Waals surface area contributed by atoms with Gasteiger partial charge in [0, 0.05) is 17.0 Å². The number of thioether (sulfide) groups is 1. The highest BCUT2D eigenvalue weighted by atomic mass is 32.2. The standard InChI is InChI=1S/C12H13NS2/c1-3-7-13-12-5-4-11(14-2)9-10(12)6-8-15-13/h3-6,8-9H,1,7H2,2H3. The van der Waals surface area contributed by atoms with Gasteiger partial charge in [-0.05, 0) is 47.9 Å². The number of nitrogens with zero attached hydrogens (tertiary/aromatic N) is 1. The Morgan fingerprint density at radius 1 is 1.53 bits per heavy atom. The van der Waals surface area contributed by atoms with E-state index in [1.54, 1.807) is 23.7 Å². The molecule has 0 atom stereocenters. The van der Waals surface area contributed by atoms with E-state index < -0.39 is 0 Å². The van der Waals surface area contributed by atoms with Gasteiger partial charge < -0.3 is 4.31 Å². The molecule has 0 N–H and O–H groups in total. The first-order chi connectivity index (χ1) is 7.35. The largest absolute Gasteiger partial charge is 0.308 e. The molecule has 1 aromatic rings. The normalized spacial score (nSPS) is 13.8. The van der Waals surface area contributed by atoms with Crippen molar-refractivity contribution in [2.75, 3.05) is 17.1 Å². The highest BCUT2D eigenvalue weighted by Crippen LogP contribution is 2.35. The molecule has 0 spiro atoms. The zero-order valence-electron chi connectivity index (χ0n) is 8.64. The zero-order chi connectivity index (χ0) is 10.7. The van der Waals surface area contributed by atoms with Crippen molar-refractivity contribution in [3.05, 3.63) is 41.8 Å². The Morgan fingerprint density at radius 3 is 3.13 bits per heavy atom. The van der Waals surface area contributed by atoms with Crippen molar-refractivity contribution in [1.82, 2.24) is 0 Å². The molecule has 15 heavy (non-hydrogen) atoms. The van der Waals surface area contributed by atoms with E-state index in [2.05, 4.69) is 46.8 Å². The zero-order valence-corrected chi connectivity index (χ0v) is 10.3. The molecule has 0 aromatic heterocycles. The van der Waals surface area contributed by atoms with Crippen molar-refractivity contribution in [3.8, 4) is 0 Å². The summed E-state index contributed by atoms with van der Waals surface area (Å²) in [5.41, 5.74) is 2.57. The Kier molecular flexibility index (Phi) is 3.44. The third-order valence-corrected chi connectivity index (χ3v) is 3.82. The lowest BCUT2D eigenvalue weighted by molar-refractivity contribution is 1.20. The molecule has 3 heteroatoms. The van der Waals surface area contributed by atoms with Crippen LogP contribution in [0.15, 0.2) is 41.2 Å². The summed E-state index contributed by atoms with van der Waals surface area (Å²) < 4.78 is 2.24. The summed E-state index contributed by atoms with van der Waals surface area (Å²) in [5.74, 6) is 0. The lowest BCUT2D eigenvalue weighted by Gasteiger charge is -2.25. The van der Waals surface area contributed by atoms with Crippen molar-refractivity contribution in [2.24, 2.45) is 0 Å². The molecule has 2 rings (SSSR count). The number of anilines is 1. The van der Waals surface area contributed by atoms with Crippen molar-refractivity contribution in [3.63, 3.8) is 0 Å². The summed E-state index contributed by atoms with van der Waals surface area (Å²) in [6, 6.07) is 6.58. The Hall–Kier alpha value is -0.800. The average Bonchev–Trinajstić information content (AvgIpc) is 2.29. The molecule has 0 unspecified atom stereocenters. The molecule has 0 fully saturated rings. The second-order valence-electron chi connectivity index (χ2n) is 3.18. The molecule has 1 aliphatic heterocycles. The molecule has 78 valence electrons. The monoisotopic (exact) mass is 235 g/mol. The molecule has 0 bridgehead atoms. The lowest BCUT2D eigenvalue weighted by Crippen LogP contribution is -2.15. The van der Waals surface area contributed by atoms with Gasteiger partial charge in [-0.2, -0.15) is 0 Å². The van der Waals surface area contributed by atoms with Crippen LogP contribution in [0.5, 0.6) is 0 Å². The van der Waals surface area contributed by atoms with Gasteiger partial charge in [0.05, 0.1) is 5.69 Å². The van der Waals surface area contributed by atoms with Crippen molar-refractivity contribution in [2.45, 2.75) is 4.90 Å². The lowest BCUT2D eigenvalue weighted by atomic mass is 10.1. The van der Waals surface area contributed by atoms with Crippen LogP contribution in [0.4, 0.5) is 5.69 Å². The van der Waals surface area contributed by atoms with Crippen LogP contribution < -0.4 is 4.31 Å². The van der Waals surface area contributed by atoms with Gasteiger partial charge in [-0.1, -0.05) is 6.08 Å². The number of benzene rings is 1. The maximum Gasteiger partial charge on any atom is 0.0550 e. The highest BCUT2D eigenvalue weighted by Gasteiger charge is 2.12. The molecular formula is C12H13NS2. The molecule has 0 radical (unpaired) electrons. The van der Waals surface area contributed by atoms with Crippen LogP contribution in [-0.2, 0) is 0 Å². The summed E-state index contributed by atoms with van der Waals surface area (Å²) in [7, 11) is 0. The predicted octanol–water partition coefficient (Wildman–Crippen LogP) is 4.03. The third kappa shape index (κ3) is 2.24. The number of rotatable bonds is 3. The molecule has 1 aromatic carbocycles. The molecule has 0 saturated carbocycles. The van der Waals surface area contributed by atoms with Gasteiger partial charge in [0.1, 0.15) is 0 Å². The first-order valence-electron chi connectivity index (χ1n) is 4.75. The Labute approximate surface area is 99.4 Å². The van der Waals surface area contributed by atoms with Crippen LogP contribution in [0, 0.1) is 0 Å². The van der Waals surface area contributed by atoms with Gasteiger partial charge in [-0.3, -0.25) is 0 Å². The average molecular weight is 235 g/mol. The molecule has 1 heterocycles. The number of hydrogen-bond acceptors (Lipinski definition) is 3. The molecule has 1 aliphatic rings. The first-order valence-corrected chi connectivity index (χ1v) is 6.81. The van der Waals surface area contributed by atoms with Crippen LogP contribution in [-0.4, -0.2) is 12.8 Å². The molecule has 0 aliphatic carbocycles. The topological polar surface area (TPSA) is 3.24 Å². The summed E-state index contributed by atoms with van der Waals surface area (Å²) in [4.78, 5) is 1.31. The summed E-state index contributed by atoms with van der Waals surface area (Å²) in [6.07, 6.45) is 6.20. The van der Waals surface area contributed by atoms with E-state index in [1.165, 1.54) is 16.1 Å². The van der Waals surface area contributed by atoms with Crippen LogP contribution >= 0.6 is 23.7 Å². The first kappa shape index (κ1) is 10.7. The van der Waals surface area contributed by atoms with E-state index in [9.17, 15) is 0 Å². The van der Waals surface area contributed by atoms with Crippen LogP contribution in [0.25, 0.3) is 6.08 Å². The molecule has 0 saturated heterocycles. The summed E-state index contributed by atoms with van der Waals surface area (Å²) in [5, 5.41) is 2.12. The minimum absolute atomic E-state index is 0.876. The maximum atomic E-state index is 3.78. The van der Waals surface area contributed by atoms with E-state index in [1.807, 2.05) is 6.08 Å². The van der Waals surface area contributed by atoms with Crippen LogP contribution in [0.2, 0.25) is 0 Å². The second kappa shape index (κ2) is 4.81. The minimum Gasteiger partial charge on any atom is -0.308 e. The highest BCUT2D eigenvalue weighted by molar-refractivity contribution is 8.03. The second-order valence-corrected chi connectivity index (χ2v) is 4.99.